The van der Waals surface area contributed by atoms with Gasteiger partial charge in [0.1, 0.15) is 0 Å². The number of aryl methyl sites for hydroxylation is 1. The second kappa shape index (κ2) is 7.65. The van der Waals surface area contributed by atoms with Crippen molar-refractivity contribution in [3.8, 4) is 0 Å². The fourth-order valence-corrected chi connectivity index (χ4v) is 4.32. The normalized spacial score (nSPS) is 15.5. The molecule has 1 aromatic carbocycles. The van der Waals surface area contributed by atoms with Crippen molar-refractivity contribution in [1.29, 1.82) is 5.41 Å². The molecule has 1 fully saturated rings. The third-order valence-corrected chi connectivity index (χ3v) is 6.16. The second-order valence-electron chi connectivity index (χ2n) is 7.45. The summed E-state index contributed by atoms with van der Waals surface area (Å²) in [7, 11) is -3.72. The molecule has 0 radical (unpaired) electrons. The second-order valence-corrected chi connectivity index (χ2v) is 9.32. The molecule has 26 heavy (non-hydrogen) atoms. The Morgan fingerprint density at radius 3 is 2.31 bits per heavy atom. The first-order valence-electron chi connectivity index (χ1n) is 8.76. The lowest BCUT2D eigenvalue weighted by Crippen LogP contribution is -2.45. The maximum absolute atomic E-state index is 12.9. The Morgan fingerprint density at radius 1 is 1.19 bits per heavy atom. The maximum Gasteiger partial charge on any atom is 0.266 e. The number of nitrogens with one attached hydrogen (secondary N) is 2. The molecule has 2 rings (SSSR count). The highest BCUT2D eigenvalue weighted by atomic mass is 32.2. The highest BCUT2D eigenvalue weighted by Crippen LogP contribution is 2.25. The monoisotopic (exact) mass is 380 g/mol. The summed E-state index contributed by atoms with van der Waals surface area (Å²) in [4.78, 5) is 12.8. The van der Waals surface area contributed by atoms with Gasteiger partial charge in [-0.15, -0.1) is 0 Å². The molecule has 0 aromatic heterocycles. The molecule has 8 heteroatoms. The Labute approximate surface area is 155 Å². The zero-order valence-electron chi connectivity index (χ0n) is 15.9. The Morgan fingerprint density at radius 2 is 1.81 bits per heavy atom. The van der Waals surface area contributed by atoms with Gasteiger partial charge < -0.3 is 10.2 Å². The van der Waals surface area contributed by atoms with E-state index in [0.717, 1.165) is 18.4 Å². The molecule has 0 unspecified atom stereocenters. The van der Waals surface area contributed by atoms with Gasteiger partial charge in [-0.2, -0.15) is 0 Å². The fraction of sp³-hybridized carbons (Fsp3) is 0.556. The van der Waals surface area contributed by atoms with E-state index in [-0.39, 0.29) is 28.8 Å². The molecule has 0 saturated carbocycles. The van der Waals surface area contributed by atoms with Crippen LogP contribution in [0.5, 0.6) is 0 Å². The molecular weight excluding hydrogens is 352 g/mol. The summed E-state index contributed by atoms with van der Waals surface area (Å²) < 4.78 is 26.9. The van der Waals surface area contributed by atoms with Gasteiger partial charge in [0.15, 0.2) is 0 Å². The average Bonchev–Trinajstić information content (AvgIpc) is 2.94. The smallest absolute Gasteiger partial charge is 0.266 e. The van der Waals surface area contributed by atoms with Crippen molar-refractivity contribution >= 4 is 21.9 Å². The highest BCUT2D eigenvalue weighted by Gasteiger charge is 2.39. The van der Waals surface area contributed by atoms with Crippen molar-refractivity contribution in [3.63, 3.8) is 0 Å². The summed E-state index contributed by atoms with van der Waals surface area (Å²) in [6.45, 7) is 8.79. The molecule has 1 aromatic rings. The molecule has 7 nitrogen and oxygen atoms in total. The number of amides is 1. The van der Waals surface area contributed by atoms with Crippen LogP contribution < -0.4 is 5.32 Å². The van der Waals surface area contributed by atoms with Gasteiger partial charge in [-0.05, 0) is 51.3 Å². The van der Waals surface area contributed by atoms with E-state index in [2.05, 4.69) is 5.32 Å². The topological polar surface area (TPSA) is 93.6 Å². The zero-order valence-corrected chi connectivity index (χ0v) is 16.7. The molecular formula is C18H28N4O3S. The molecule has 0 bridgehead atoms. The van der Waals surface area contributed by atoms with Gasteiger partial charge in [0, 0.05) is 25.6 Å². The van der Waals surface area contributed by atoms with Crippen LogP contribution in [0.15, 0.2) is 29.2 Å². The standard InChI is InChI=1S/C18H28N4O3S/c1-14(23)20-11-5-6-15-7-9-16(10-8-15)26(24,25)22-13-12-21(17(22)19)18(2,3)4/h7-10,19H,5-6,11-13H2,1-4H3,(H,20,23). The predicted molar refractivity (Wildman–Crippen MR) is 102 cm³/mol. The summed E-state index contributed by atoms with van der Waals surface area (Å²) in [5.74, 6) is -0.0271. The number of sulfonamides is 1. The van der Waals surface area contributed by atoms with Crippen LogP contribution in [0.2, 0.25) is 0 Å². The van der Waals surface area contributed by atoms with Crippen molar-refractivity contribution in [2.45, 2.75) is 51.0 Å². The summed E-state index contributed by atoms with van der Waals surface area (Å²) in [5.41, 5.74) is 0.723. The van der Waals surface area contributed by atoms with Gasteiger partial charge in [-0.1, -0.05) is 12.1 Å². The van der Waals surface area contributed by atoms with E-state index in [1.165, 1.54) is 11.2 Å². The van der Waals surface area contributed by atoms with E-state index in [9.17, 15) is 13.2 Å². The average molecular weight is 381 g/mol. The Kier molecular flexibility index (Phi) is 5.95. The number of guanidine groups is 1. The molecule has 1 saturated heterocycles. The van der Waals surface area contributed by atoms with Crippen LogP contribution in [-0.4, -0.2) is 54.7 Å². The third-order valence-electron chi connectivity index (χ3n) is 4.36. The van der Waals surface area contributed by atoms with Crippen molar-refractivity contribution in [3.05, 3.63) is 29.8 Å². The number of hydrogen-bond acceptors (Lipinski definition) is 4. The minimum atomic E-state index is -3.72. The van der Waals surface area contributed by atoms with Crippen LogP contribution in [0.3, 0.4) is 0 Å². The van der Waals surface area contributed by atoms with Crippen LogP contribution in [0.1, 0.15) is 39.7 Å². The highest BCUT2D eigenvalue weighted by molar-refractivity contribution is 7.89. The van der Waals surface area contributed by atoms with Gasteiger partial charge in [0.2, 0.25) is 11.9 Å². The number of carbonyl (C=O) groups is 1. The molecule has 144 valence electrons. The number of carbonyl (C=O) groups excluding carboxylic acids is 1. The molecule has 1 aliphatic heterocycles. The van der Waals surface area contributed by atoms with E-state index in [0.29, 0.717) is 13.1 Å². The zero-order chi connectivity index (χ0) is 19.5. The molecule has 1 amide bonds. The van der Waals surface area contributed by atoms with Gasteiger partial charge in [0.05, 0.1) is 11.4 Å². The van der Waals surface area contributed by atoms with Crippen molar-refractivity contribution in [2.24, 2.45) is 0 Å². The van der Waals surface area contributed by atoms with Crippen molar-refractivity contribution in [2.75, 3.05) is 19.6 Å². The number of rotatable bonds is 6. The lowest BCUT2D eigenvalue weighted by molar-refractivity contribution is -0.118. The minimum Gasteiger partial charge on any atom is -0.356 e. The molecule has 1 heterocycles. The van der Waals surface area contributed by atoms with E-state index in [1.807, 2.05) is 20.8 Å². The molecule has 0 aliphatic carbocycles. The molecule has 0 atom stereocenters. The molecule has 1 aliphatic rings. The van der Waals surface area contributed by atoms with E-state index >= 15 is 0 Å². The van der Waals surface area contributed by atoms with Gasteiger partial charge >= 0.3 is 0 Å². The third kappa shape index (κ3) is 4.55. The van der Waals surface area contributed by atoms with E-state index < -0.39 is 10.0 Å². The maximum atomic E-state index is 12.9. The first-order chi connectivity index (χ1) is 12.0. The fourth-order valence-electron chi connectivity index (χ4n) is 2.94. The summed E-state index contributed by atoms with van der Waals surface area (Å²) >= 11 is 0. The Balaban J connectivity index is 2.06. The minimum absolute atomic E-state index is 0.0249. The number of nitrogens with zero attached hydrogens (tertiary/aromatic N) is 2. The van der Waals surface area contributed by atoms with Gasteiger partial charge in [0.25, 0.3) is 10.0 Å². The van der Waals surface area contributed by atoms with E-state index in [1.54, 1.807) is 29.2 Å². The SMILES string of the molecule is CC(=O)NCCCc1ccc(S(=O)(=O)N2CCN(C(C)(C)C)C2=N)cc1. The van der Waals surface area contributed by atoms with E-state index in [4.69, 9.17) is 5.41 Å². The first-order valence-corrected chi connectivity index (χ1v) is 10.2. The first kappa shape index (κ1) is 20.2. The van der Waals surface area contributed by atoms with Crippen LogP contribution in [0.25, 0.3) is 0 Å². The van der Waals surface area contributed by atoms with Crippen LogP contribution in [0, 0.1) is 5.41 Å². The molecule has 0 spiro atoms. The largest absolute Gasteiger partial charge is 0.356 e. The summed E-state index contributed by atoms with van der Waals surface area (Å²) in [5, 5.41) is 11.0. The lowest BCUT2D eigenvalue weighted by atomic mass is 10.1. The van der Waals surface area contributed by atoms with Gasteiger partial charge in [-0.3, -0.25) is 10.2 Å². The van der Waals surface area contributed by atoms with Gasteiger partial charge in [-0.25, -0.2) is 12.7 Å². The Hall–Kier alpha value is -2.09. The molecule has 2 N–H and O–H groups in total. The van der Waals surface area contributed by atoms with Crippen molar-refractivity contribution in [1.82, 2.24) is 14.5 Å². The lowest BCUT2D eigenvalue weighted by Gasteiger charge is -2.33. The number of hydrogen-bond donors (Lipinski definition) is 2. The number of benzene rings is 1. The van der Waals surface area contributed by atoms with Crippen LogP contribution in [-0.2, 0) is 21.2 Å². The quantitative estimate of drug-likeness (QED) is 0.736. The predicted octanol–water partition coefficient (Wildman–Crippen LogP) is 1.79. The Bertz CT molecular complexity index is 767. The van der Waals surface area contributed by atoms with Crippen molar-refractivity contribution < 1.29 is 13.2 Å². The van der Waals surface area contributed by atoms with Crippen LogP contribution >= 0.6 is 0 Å². The van der Waals surface area contributed by atoms with Crippen LogP contribution in [0.4, 0.5) is 0 Å². The summed E-state index contributed by atoms with van der Waals surface area (Å²) in [6, 6.07) is 6.77. The summed E-state index contributed by atoms with van der Waals surface area (Å²) in [6.07, 6.45) is 1.56.